The highest BCUT2D eigenvalue weighted by molar-refractivity contribution is 5.74. The molecule has 3 rings (SSSR count). The average Bonchev–Trinajstić information content (AvgIpc) is 2.62. The van der Waals surface area contributed by atoms with Crippen LogP contribution in [0.25, 0.3) is 0 Å². The fourth-order valence-corrected chi connectivity index (χ4v) is 4.52. The van der Waals surface area contributed by atoms with Crippen molar-refractivity contribution >= 4 is 5.97 Å². The first-order valence-electron chi connectivity index (χ1n) is 9.88. The Balaban J connectivity index is 1.49. The van der Waals surface area contributed by atoms with Gasteiger partial charge < -0.3 is 15.3 Å². The molecule has 0 spiro atoms. The predicted octanol–water partition coefficient (Wildman–Crippen LogP) is 3.32. The number of carbonyl (C=O) groups is 1. The van der Waals surface area contributed by atoms with Gasteiger partial charge in [-0.25, -0.2) is 0 Å². The molecule has 0 amide bonds. The van der Waals surface area contributed by atoms with Crippen LogP contribution in [-0.2, 0) is 11.2 Å². The summed E-state index contributed by atoms with van der Waals surface area (Å²) in [6.45, 7) is 4.58. The van der Waals surface area contributed by atoms with Gasteiger partial charge >= 0.3 is 5.97 Å². The number of likely N-dealkylation sites (tertiary alicyclic amines) is 1. The van der Waals surface area contributed by atoms with Crippen LogP contribution in [0.15, 0.2) is 30.3 Å². The van der Waals surface area contributed by atoms with Gasteiger partial charge in [0.2, 0.25) is 0 Å². The molecule has 1 saturated heterocycles. The van der Waals surface area contributed by atoms with E-state index in [1.54, 1.807) is 0 Å². The molecule has 1 saturated carbocycles. The lowest BCUT2D eigenvalue weighted by Crippen LogP contribution is -2.51. The van der Waals surface area contributed by atoms with Crippen LogP contribution in [0.2, 0.25) is 0 Å². The predicted molar refractivity (Wildman–Crippen MR) is 101 cm³/mol. The fourth-order valence-electron chi connectivity index (χ4n) is 4.52. The van der Waals surface area contributed by atoms with Crippen LogP contribution >= 0.6 is 0 Å². The molecule has 1 aromatic carbocycles. The van der Waals surface area contributed by atoms with Crippen LogP contribution in [0.5, 0.6) is 0 Å². The molecule has 25 heavy (non-hydrogen) atoms. The third kappa shape index (κ3) is 5.29. The number of rotatable bonds is 6. The van der Waals surface area contributed by atoms with E-state index in [9.17, 15) is 9.90 Å². The van der Waals surface area contributed by atoms with Crippen molar-refractivity contribution in [3.05, 3.63) is 35.9 Å². The Morgan fingerprint density at radius 3 is 2.56 bits per heavy atom. The smallest absolute Gasteiger partial charge is 0.321 e. The minimum absolute atomic E-state index is 0.321. The van der Waals surface area contributed by atoms with Gasteiger partial charge in [0.1, 0.15) is 6.04 Å². The Hall–Kier alpha value is -1.39. The average molecular weight is 344 g/mol. The summed E-state index contributed by atoms with van der Waals surface area (Å²) in [7, 11) is 0. The molecule has 1 aliphatic carbocycles. The van der Waals surface area contributed by atoms with E-state index >= 15 is 0 Å². The monoisotopic (exact) mass is 344 g/mol. The molecule has 4 nitrogen and oxygen atoms in total. The zero-order valence-electron chi connectivity index (χ0n) is 15.4. The molecule has 4 heteroatoms. The first-order chi connectivity index (χ1) is 12.1. The molecule has 0 bridgehead atoms. The molecule has 1 aliphatic heterocycles. The summed E-state index contributed by atoms with van der Waals surface area (Å²) >= 11 is 0. The highest BCUT2D eigenvalue weighted by Gasteiger charge is 2.30. The highest BCUT2D eigenvalue weighted by atomic mass is 16.4. The van der Waals surface area contributed by atoms with E-state index in [0.717, 1.165) is 43.5 Å². The van der Waals surface area contributed by atoms with E-state index in [-0.39, 0.29) is 0 Å². The highest BCUT2D eigenvalue weighted by Crippen LogP contribution is 2.29. The number of carboxylic acid groups (broad SMARTS) is 1. The van der Waals surface area contributed by atoms with E-state index in [0.29, 0.717) is 12.5 Å². The van der Waals surface area contributed by atoms with Gasteiger partial charge in [-0.05, 0) is 56.7 Å². The largest absolute Gasteiger partial charge is 0.480 e. The van der Waals surface area contributed by atoms with Gasteiger partial charge in [0.15, 0.2) is 0 Å². The number of carboxylic acids is 1. The summed E-state index contributed by atoms with van der Waals surface area (Å²) in [5, 5.41) is 13.0. The molecule has 2 aliphatic rings. The molecule has 2 fully saturated rings. The lowest BCUT2D eigenvalue weighted by Gasteiger charge is -2.41. The summed E-state index contributed by atoms with van der Waals surface area (Å²) in [6.07, 6.45) is 8.10. The first-order valence-corrected chi connectivity index (χ1v) is 9.88. The van der Waals surface area contributed by atoms with Gasteiger partial charge in [-0.3, -0.25) is 4.79 Å². The number of piperidine rings is 1. The maximum atomic E-state index is 11.7. The van der Waals surface area contributed by atoms with Crippen LogP contribution in [0.4, 0.5) is 0 Å². The summed E-state index contributed by atoms with van der Waals surface area (Å²) in [5.74, 6) is 0.115. The number of nitrogens with zero attached hydrogens (tertiary/aromatic N) is 1. The van der Waals surface area contributed by atoms with Crippen LogP contribution in [0.3, 0.4) is 0 Å². The van der Waals surface area contributed by atoms with E-state index in [1.807, 2.05) is 30.3 Å². The molecule has 1 heterocycles. The Kier molecular flexibility index (Phi) is 6.49. The van der Waals surface area contributed by atoms with Crippen LogP contribution < -0.4 is 5.32 Å². The van der Waals surface area contributed by atoms with E-state index in [1.165, 1.54) is 25.7 Å². The van der Waals surface area contributed by atoms with Crippen LogP contribution in [0, 0.1) is 5.92 Å². The molecular weight excluding hydrogens is 312 g/mol. The van der Waals surface area contributed by atoms with Crippen molar-refractivity contribution in [3.63, 3.8) is 0 Å². The first kappa shape index (κ1) is 18.4. The third-order valence-corrected chi connectivity index (χ3v) is 5.97. The zero-order valence-corrected chi connectivity index (χ0v) is 15.4. The summed E-state index contributed by atoms with van der Waals surface area (Å²) in [6, 6.07) is 10.5. The Morgan fingerprint density at radius 2 is 1.92 bits per heavy atom. The molecular formula is C21H32N2O2. The quantitative estimate of drug-likeness (QED) is 0.831. The number of benzene rings is 1. The van der Waals surface area contributed by atoms with Crippen molar-refractivity contribution in [2.24, 2.45) is 5.92 Å². The van der Waals surface area contributed by atoms with E-state index in [4.69, 9.17) is 0 Å². The number of nitrogens with one attached hydrogen (secondary N) is 1. The topological polar surface area (TPSA) is 52.6 Å². The van der Waals surface area contributed by atoms with Crippen molar-refractivity contribution in [2.45, 2.75) is 70.0 Å². The zero-order chi connectivity index (χ0) is 17.6. The summed E-state index contributed by atoms with van der Waals surface area (Å²) < 4.78 is 0. The Bertz CT molecular complexity index is 540. The maximum absolute atomic E-state index is 11.7. The third-order valence-electron chi connectivity index (χ3n) is 5.97. The Labute approximate surface area is 151 Å². The molecule has 138 valence electrons. The number of hydrogen-bond donors (Lipinski definition) is 2. The second-order valence-corrected chi connectivity index (χ2v) is 7.98. The van der Waals surface area contributed by atoms with Gasteiger partial charge in [-0.15, -0.1) is 0 Å². The van der Waals surface area contributed by atoms with E-state index in [2.05, 4.69) is 17.1 Å². The second kappa shape index (κ2) is 8.81. The van der Waals surface area contributed by atoms with E-state index < -0.39 is 12.0 Å². The van der Waals surface area contributed by atoms with Crippen molar-refractivity contribution in [3.8, 4) is 0 Å². The number of aliphatic carboxylic acids is 1. The van der Waals surface area contributed by atoms with Crippen molar-refractivity contribution < 1.29 is 9.90 Å². The van der Waals surface area contributed by atoms with Crippen molar-refractivity contribution in [1.82, 2.24) is 10.2 Å². The van der Waals surface area contributed by atoms with Gasteiger partial charge in [0.05, 0.1) is 0 Å². The second-order valence-electron chi connectivity index (χ2n) is 7.98. The summed E-state index contributed by atoms with van der Waals surface area (Å²) in [4.78, 5) is 14.3. The van der Waals surface area contributed by atoms with Gasteiger partial charge in [0, 0.05) is 12.1 Å². The van der Waals surface area contributed by atoms with Crippen LogP contribution in [-0.4, -0.2) is 47.2 Å². The molecule has 2 N–H and O–H groups in total. The fraction of sp³-hybridized carbons (Fsp3) is 0.667. The molecule has 0 aromatic heterocycles. The minimum Gasteiger partial charge on any atom is -0.480 e. The van der Waals surface area contributed by atoms with Crippen molar-refractivity contribution in [1.29, 1.82) is 0 Å². The number of hydrogen-bond acceptors (Lipinski definition) is 3. The minimum atomic E-state index is -0.743. The van der Waals surface area contributed by atoms with Crippen molar-refractivity contribution in [2.75, 3.05) is 13.1 Å². The maximum Gasteiger partial charge on any atom is 0.321 e. The SMILES string of the molecule is CC1CCCC(N2CCC(N[C@@H](Cc3ccccc3)C(=O)O)CC2)C1. The standard InChI is InChI=1S/C21H32N2O2/c1-16-6-5-9-19(14-16)23-12-10-18(11-13-23)22-20(21(24)25)15-17-7-3-2-4-8-17/h2-4,7-8,16,18-20,22H,5-6,9-15H2,1H3,(H,24,25)/t16?,19?,20-/m0/s1. The molecule has 0 radical (unpaired) electrons. The molecule has 1 aromatic rings. The van der Waals surface area contributed by atoms with Gasteiger partial charge in [-0.2, -0.15) is 0 Å². The normalized spacial score (nSPS) is 27.1. The molecule has 2 unspecified atom stereocenters. The Morgan fingerprint density at radius 1 is 1.20 bits per heavy atom. The van der Waals surface area contributed by atoms with Crippen LogP contribution in [0.1, 0.15) is 51.0 Å². The summed E-state index contributed by atoms with van der Waals surface area (Å²) in [5.41, 5.74) is 1.08. The lowest BCUT2D eigenvalue weighted by atomic mass is 9.85. The lowest BCUT2D eigenvalue weighted by molar-refractivity contribution is -0.139. The van der Waals surface area contributed by atoms with Gasteiger partial charge in [-0.1, -0.05) is 50.1 Å². The molecule has 3 atom stereocenters. The van der Waals surface area contributed by atoms with Gasteiger partial charge in [0.25, 0.3) is 0 Å².